The van der Waals surface area contributed by atoms with E-state index in [2.05, 4.69) is 42.0 Å². The molecule has 0 spiro atoms. The molecule has 0 aliphatic carbocycles. The minimum absolute atomic E-state index is 0. The molecule has 3 rings (SSSR count). The van der Waals surface area contributed by atoms with Crippen molar-refractivity contribution >= 4 is 29.9 Å². The lowest BCUT2D eigenvalue weighted by Gasteiger charge is -2.21. The van der Waals surface area contributed by atoms with Crippen LogP contribution in [0.2, 0.25) is 0 Å². The van der Waals surface area contributed by atoms with Crippen molar-refractivity contribution in [2.45, 2.75) is 26.4 Å². The second-order valence-electron chi connectivity index (χ2n) is 6.25. The predicted octanol–water partition coefficient (Wildman–Crippen LogP) is 2.35. The third-order valence-electron chi connectivity index (χ3n) is 4.30. The van der Waals surface area contributed by atoms with Crippen LogP contribution in [-0.4, -0.2) is 56.0 Å². The second-order valence-corrected chi connectivity index (χ2v) is 6.25. The molecule has 2 heterocycles. The number of hydrogen-bond acceptors (Lipinski definition) is 4. The van der Waals surface area contributed by atoms with Crippen LogP contribution in [0.1, 0.15) is 18.3 Å². The maximum Gasteiger partial charge on any atom is 0.193 e. The lowest BCUT2D eigenvalue weighted by Crippen LogP contribution is -2.39. The Morgan fingerprint density at radius 3 is 2.75 bits per heavy atom. The molecule has 3 aromatic rings. The number of guanidine groups is 1. The molecule has 0 unspecified atom stereocenters. The summed E-state index contributed by atoms with van der Waals surface area (Å²) >= 11 is 0. The monoisotopic (exact) mass is 494 g/mol. The highest BCUT2D eigenvalue weighted by Gasteiger charge is 2.09. The summed E-state index contributed by atoms with van der Waals surface area (Å²) in [4.78, 5) is 6.46. The van der Waals surface area contributed by atoms with Crippen LogP contribution < -0.4 is 5.32 Å². The molecule has 28 heavy (non-hydrogen) atoms. The van der Waals surface area contributed by atoms with Gasteiger partial charge in [0, 0.05) is 51.9 Å². The number of aliphatic imine (C=N–C) groups is 1. The molecule has 1 aromatic carbocycles. The van der Waals surface area contributed by atoms with Crippen molar-refractivity contribution in [2.24, 2.45) is 4.99 Å². The summed E-state index contributed by atoms with van der Waals surface area (Å²) in [7, 11) is 3.81. The molecule has 150 valence electrons. The average molecular weight is 494 g/mol. The number of nitrogens with one attached hydrogen (secondary N) is 1. The first-order valence-corrected chi connectivity index (χ1v) is 9.08. The molecular formula is C19H27IN8. The van der Waals surface area contributed by atoms with Gasteiger partial charge in [-0.15, -0.1) is 34.2 Å². The fourth-order valence-electron chi connectivity index (χ4n) is 2.92. The average Bonchev–Trinajstić information content (AvgIpc) is 3.35. The number of aromatic nitrogens is 5. The van der Waals surface area contributed by atoms with Crippen molar-refractivity contribution in [1.82, 2.24) is 34.8 Å². The van der Waals surface area contributed by atoms with Crippen molar-refractivity contribution in [3.8, 4) is 5.69 Å². The Balaban J connectivity index is 0.00000280. The van der Waals surface area contributed by atoms with Gasteiger partial charge in [-0.3, -0.25) is 4.99 Å². The smallest absolute Gasteiger partial charge is 0.193 e. The lowest BCUT2D eigenvalue weighted by atomic mass is 10.3. The molecule has 0 saturated heterocycles. The zero-order valence-corrected chi connectivity index (χ0v) is 18.8. The van der Waals surface area contributed by atoms with Crippen molar-refractivity contribution in [2.75, 3.05) is 20.6 Å². The molecule has 0 amide bonds. The normalized spacial score (nSPS) is 11.2. The summed E-state index contributed by atoms with van der Waals surface area (Å²) < 4.78 is 3.95. The first kappa shape index (κ1) is 21.9. The molecule has 0 radical (unpaired) electrons. The van der Waals surface area contributed by atoms with E-state index >= 15 is 0 Å². The maximum atomic E-state index is 4.45. The Kier molecular flexibility index (Phi) is 8.42. The van der Waals surface area contributed by atoms with Gasteiger partial charge < -0.3 is 14.8 Å². The van der Waals surface area contributed by atoms with Gasteiger partial charge in [0.05, 0.1) is 11.9 Å². The summed E-state index contributed by atoms with van der Waals surface area (Å²) in [6.07, 6.45) is 6.58. The van der Waals surface area contributed by atoms with Crippen LogP contribution in [0.3, 0.4) is 0 Å². The molecule has 0 saturated carbocycles. The van der Waals surface area contributed by atoms with E-state index in [1.54, 1.807) is 13.4 Å². The molecule has 0 aliphatic rings. The fourth-order valence-corrected chi connectivity index (χ4v) is 2.92. The number of para-hydroxylation sites is 1. The van der Waals surface area contributed by atoms with Gasteiger partial charge in [-0.2, -0.15) is 5.10 Å². The van der Waals surface area contributed by atoms with E-state index in [0.717, 1.165) is 49.1 Å². The van der Waals surface area contributed by atoms with Crippen molar-refractivity contribution < 1.29 is 0 Å². The minimum Gasteiger partial charge on any atom is -0.354 e. The standard InChI is InChI=1S/C19H26N8.HI/c1-4-18-24-22-15-26(18)11-10-21-19(20-2)25(3)13-16-12-23-27(14-16)17-8-6-5-7-9-17;/h5-9,12,14-15H,4,10-11,13H2,1-3H3,(H,20,21);1H. The van der Waals surface area contributed by atoms with E-state index in [1.807, 2.05) is 54.5 Å². The Labute approximate surface area is 182 Å². The molecule has 0 fully saturated rings. The van der Waals surface area contributed by atoms with Crippen LogP contribution in [0.25, 0.3) is 5.69 Å². The van der Waals surface area contributed by atoms with Crippen LogP contribution in [0.15, 0.2) is 54.0 Å². The summed E-state index contributed by atoms with van der Waals surface area (Å²) in [6, 6.07) is 10.1. The number of hydrogen-bond donors (Lipinski definition) is 1. The third-order valence-corrected chi connectivity index (χ3v) is 4.30. The van der Waals surface area contributed by atoms with Crippen LogP contribution in [0, 0.1) is 0 Å². The number of halogens is 1. The van der Waals surface area contributed by atoms with Gasteiger partial charge in [-0.05, 0) is 12.1 Å². The maximum absolute atomic E-state index is 4.45. The van der Waals surface area contributed by atoms with Gasteiger partial charge in [-0.1, -0.05) is 25.1 Å². The van der Waals surface area contributed by atoms with E-state index in [9.17, 15) is 0 Å². The number of aryl methyl sites for hydroxylation is 1. The van der Waals surface area contributed by atoms with Gasteiger partial charge in [0.25, 0.3) is 0 Å². The second kappa shape index (κ2) is 10.8. The predicted molar refractivity (Wildman–Crippen MR) is 121 cm³/mol. The third kappa shape index (κ3) is 5.54. The largest absolute Gasteiger partial charge is 0.354 e. The zero-order chi connectivity index (χ0) is 19.1. The van der Waals surface area contributed by atoms with E-state index in [0.29, 0.717) is 0 Å². The van der Waals surface area contributed by atoms with E-state index in [1.165, 1.54) is 0 Å². The Morgan fingerprint density at radius 2 is 2.04 bits per heavy atom. The van der Waals surface area contributed by atoms with Gasteiger partial charge in [-0.25, -0.2) is 4.68 Å². The highest BCUT2D eigenvalue weighted by atomic mass is 127. The summed E-state index contributed by atoms with van der Waals surface area (Å²) in [5, 5.41) is 15.9. The first-order valence-electron chi connectivity index (χ1n) is 9.08. The molecule has 0 aliphatic heterocycles. The van der Waals surface area contributed by atoms with Crippen molar-refractivity contribution in [3.05, 3.63) is 60.4 Å². The Bertz CT molecular complexity index is 871. The summed E-state index contributed by atoms with van der Waals surface area (Å²) in [5.41, 5.74) is 2.17. The lowest BCUT2D eigenvalue weighted by molar-refractivity contribution is 0.472. The quantitative estimate of drug-likeness (QED) is 0.310. The summed E-state index contributed by atoms with van der Waals surface area (Å²) in [5.74, 6) is 1.84. The Hall–Kier alpha value is -2.43. The molecule has 0 atom stereocenters. The van der Waals surface area contributed by atoms with Crippen LogP contribution >= 0.6 is 24.0 Å². The van der Waals surface area contributed by atoms with Gasteiger partial charge in [0.2, 0.25) is 0 Å². The van der Waals surface area contributed by atoms with Crippen molar-refractivity contribution in [1.29, 1.82) is 0 Å². The van der Waals surface area contributed by atoms with E-state index in [4.69, 9.17) is 0 Å². The number of nitrogens with zero attached hydrogens (tertiary/aromatic N) is 7. The van der Waals surface area contributed by atoms with Crippen LogP contribution in [0.4, 0.5) is 0 Å². The highest BCUT2D eigenvalue weighted by Crippen LogP contribution is 2.09. The number of rotatable bonds is 7. The van der Waals surface area contributed by atoms with Crippen LogP contribution in [-0.2, 0) is 19.5 Å². The zero-order valence-electron chi connectivity index (χ0n) is 16.5. The van der Waals surface area contributed by atoms with Gasteiger partial charge in [0.15, 0.2) is 5.96 Å². The summed E-state index contributed by atoms with van der Waals surface area (Å²) in [6.45, 7) is 4.36. The first-order chi connectivity index (χ1) is 13.2. The Morgan fingerprint density at radius 1 is 1.25 bits per heavy atom. The topological polar surface area (TPSA) is 76.2 Å². The molecule has 2 aromatic heterocycles. The molecule has 9 heteroatoms. The van der Waals surface area contributed by atoms with E-state index < -0.39 is 0 Å². The SMILES string of the molecule is CCc1nncn1CCNC(=NC)N(C)Cc1cnn(-c2ccccc2)c1.I. The minimum atomic E-state index is 0. The number of benzene rings is 1. The molecule has 8 nitrogen and oxygen atoms in total. The van der Waals surface area contributed by atoms with Crippen LogP contribution in [0.5, 0.6) is 0 Å². The molecule has 0 bridgehead atoms. The fraction of sp³-hybridized carbons (Fsp3) is 0.368. The van der Waals surface area contributed by atoms with Crippen molar-refractivity contribution in [3.63, 3.8) is 0 Å². The highest BCUT2D eigenvalue weighted by molar-refractivity contribution is 14.0. The van der Waals surface area contributed by atoms with E-state index in [-0.39, 0.29) is 24.0 Å². The van der Waals surface area contributed by atoms with Gasteiger partial charge >= 0.3 is 0 Å². The molecular weight excluding hydrogens is 467 g/mol. The molecule has 1 N–H and O–H groups in total. The van der Waals surface area contributed by atoms with Gasteiger partial charge in [0.1, 0.15) is 12.2 Å².